The Hall–Kier alpha value is -1.79. The number of thiazole rings is 1. The van der Waals surface area contributed by atoms with E-state index in [1.807, 2.05) is 6.92 Å². The van der Waals surface area contributed by atoms with Crippen LogP contribution in [-0.4, -0.2) is 24.1 Å². The molecule has 0 radical (unpaired) electrons. The van der Waals surface area contributed by atoms with Gasteiger partial charge in [0.1, 0.15) is 0 Å². The minimum absolute atomic E-state index is 0.139. The average molecular weight is 339 g/mol. The molecule has 1 aromatic heterocycles. The molecule has 0 saturated carbocycles. The Morgan fingerprint density at radius 3 is 3.00 bits per heavy atom. The Morgan fingerprint density at radius 2 is 2.23 bits per heavy atom. The first-order chi connectivity index (χ1) is 10.6. The largest absolute Gasteiger partial charge is 0.489 e. The minimum Gasteiger partial charge on any atom is -0.489 e. The summed E-state index contributed by atoms with van der Waals surface area (Å²) in [5.74, 6) is 1.01. The van der Waals surface area contributed by atoms with Crippen molar-refractivity contribution in [2.45, 2.75) is 19.8 Å². The lowest BCUT2D eigenvalue weighted by Crippen LogP contribution is -2.14. The summed E-state index contributed by atoms with van der Waals surface area (Å²) in [5.41, 5.74) is 0.778. The highest BCUT2D eigenvalue weighted by Crippen LogP contribution is 2.38. The molecule has 0 spiro atoms. The van der Waals surface area contributed by atoms with E-state index in [-0.39, 0.29) is 12.3 Å². The summed E-state index contributed by atoms with van der Waals surface area (Å²) in [5, 5.41) is 3.84. The maximum atomic E-state index is 12.1. The minimum atomic E-state index is -0.139. The van der Waals surface area contributed by atoms with Gasteiger partial charge in [0.05, 0.1) is 24.7 Å². The van der Waals surface area contributed by atoms with Gasteiger partial charge in [-0.05, 0) is 24.6 Å². The molecule has 1 aromatic carbocycles. The lowest BCUT2D eigenvalue weighted by Gasteiger charge is -2.11. The molecule has 0 atom stereocenters. The molecule has 5 nitrogen and oxygen atoms in total. The number of rotatable bonds is 3. The molecule has 0 saturated heterocycles. The topological polar surface area (TPSA) is 60.5 Å². The number of hydrogen-bond acceptors (Lipinski definition) is 5. The number of anilines is 1. The van der Waals surface area contributed by atoms with Crippen molar-refractivity contribution in [2.24, 2.45) is 0 Å². The zero-order valence-electron chi connectivity index (χ0n) is 12.0. The quantitative estimate of drug-likeness (QED) is 0.931. The third-order valence-electron chi connectivity index (χ3n) is 3.09. The molecule has 116 valence electrons. The van der Waals surface area contributed by atoms with Crippen molar-refractivity contribution in [2.75, 3.05) is 18.5 Å². The second-order valence-corrected chi connectivity index (χ2v) is 6.60. The van der Waals surface area contributed by atoms with Gasteiger partial charge in [0.2, 0.25) is 5.91 Å². The van der Waals surface area contributed by atoms with E-state index < -0.39 is 0 Å². The molecule has 0 bridgehead atoms. The fourth-order valence-corrected chi connectivity index (χ4v) is 3.12. The number of amides is 1. The van der Waals surface area contributed by atoms with Gasteiger partial charge in [-0.1, -0.05) is 11.6 Å². The maximum absolute atomic E-state index is 12.1. The molecular formula is C15H15ClN2O3S. The van der Waals surface area contributed by atoms with Gasteiger partial charge in [0, 0.05) is 17.5 Å². The van der Waals surface area contributed by atoms with Crippen molar-refractivity contribution in [3.63, 3.8) is 0 Å². The van der Waals surface area contributed by atoms with E-state index >= 15 is 0 Å². The summed E-state index contributed by atoms with van der Waals surface area (Å²) < 4.78 is 11.2. The first kappa shape index (κ1) is 15.1. The molecule has 0 aliphatic carbocycles. The molecule has 22 heavy (non-hydrogen) atoms. The van der Waals surface area contributed by atoms with E-state index in [1.165, 1.54) is 11.3 Å². The standard InChI is InChI=1S/C15H15ClN2O3S/c1-9-8-17-15(22-9)18-13(19)7-10-5-11(16)14-12(6-10)20-3-2-4-21-14/h5-6,8H,2-4,7H2,1H3,(H,17,18,19). The number of carbonyl (C=O) groups excluding carboxylic acids is 1. The highest BCUT2D eigenvalue weighted by molar-refractivity contribution is 7.15. The van der Waals surface area contributed by atoms with Crippen molar-refractivity contribution in [3.05, 3.63) is 33.8 Å². The number of ether oxygens (including phenoxy) is 2. The van der Waals surface area contributed by atoms with E-state index in [0.717, 1.165) is 16.9 Å². The fourth-order valence-electron chi connectivity index (χ4n) is 2.15. The smallest absolute Gasteiger partial charge is 0.230 e. The third-order valence-corrected chi connectivity index (χ3v) is 4.20. The predicted molar refractivity (Wildman–Crippen MR) is 86.2 cm³/mol. The lowest BCUT2D eigenvalue weighted by molar-refractivity contribution is -0.115. The van der Waals surface area contributed by atoms with Crippen LogP contribution in [0.1, 0.15) is 16.9 Å². The van der Waals surface area contributed by atoms with Gasteiger partial charge in [0.25, 0.3) is 0 Å². The van der Waals surface area contributed by atoms with Gasteiger partial charge < -0.3 is 14.8 Å². The second-order valence-electron chi connectivity index (χ2n) is 4.96. The highest BCUT2D eigenvalue weighted by Gasteiger charge is 2.17. The summed E-state index contributed by atoms with van der Waals surface area (Å²) in [6, 6.07) is 3.54. The van der Waals surface area contributed by atoms with Crippen LogP contribution in [0.2, 0.25) is 5.02 Å². The van der Waals surface area contributed by atoms with Crippen LogP contribution < -0.4 is 14.8 Å². The average Bonchev–Trinajstić information content (AvgIpc) is 2.72. The zero-order chi connectivity index (χ0) is 15.5. The number of benzene rings is 1. The van der Waals surface area contributed by atoms with Gasteiger partial charge in [-0.15, -0.1) is 11.3 Å². The number of aryl methyl sites for hydroxylation is 1. The number of carbonyl (C=O) groups is 1. The molecule has 1 aliphatic heterocycles. The molecule has 0 fully saturated rings. The van der Waals surface area contributed by atoms with Crippen LogP contribution in [0.25, 0.3) is 0 Å². The maximum Gasteiger partial charge on any atom is 0.230 e. The SMILES string of the molecule is Cc1cnc(NC(=O)Cc2cc(Cl)c3c(c2)OCCCO3)s1. The summed E-state index contributed by atoms with van der Waals surface area (Å²) >= 11 is 7.66. The molecular weight excluding hydrogens is 324 g/mol. The van der Waals surface area contributed by atoms with E-state index in [0.29, 0.717) is 34.9 Å². The van der Waals surface area contributed by atoms with E-state index in [4.69, 9.17) is 21.1 Å². The molecule has 1 aliphatic rings. The first-order valence-corrected chi connectivity index (χ1v) is 8.11. The number of aromatic nitrogens is 1. The number of halogens is 1. The summed E-state index contributed by atoms with van der Waals surface area (Å²) in [7, 11) is 0. The highest BCUT2D eigenvalue weighted by atomic mass is 35.5. The Bertz CT molecular complexity index is 702. The lowest BCUT2D eigenvalue weighted by atomic mass is 10.1. The first-order valence-electron chi connectivity index (χ1n) is 6.92. The van der Waals surface area contributed by atoms with Gasteiger partial charge in [-0.3, -0.25) is 4.79 Å². The fraction of sp³-hybridized carbons (Fsp3) is 0.333. The van der Waals surface area contributed by atoms with Crippen LogP contribution in [-0.2, 0) is 11.2 Å². The Kier molecular flexibility index (Phi) is 4.49. The van der Waals surface area contributed by atoms with Gasteiger partial charge in [-0.2, -0.15) is 0 Å². The van der Waals surface area contributed by atoms with Crippen molar-refractivity contribution in [1.82, 2.24) is 4.98 Å². The molecule has 1 N–H and O–H groups in total. The molecule has 1 amide bonds. The molecule has 2 heterocycles. The molecule has 7 heteroatoms. The van der Waals surface area contributed by atoms with Crippen molar-refractivity contribution < 1.29 is 14.3 Å². The predicted octanol–water partition coefficient (Wildman–Crippen LogP) is 3.45. The Balaban J connectivity index is 1.73. The van der Waals surface area contributed by atoms with Gasteiger partial charge in [-0.25, -0.2) is 4.98 Å². The summed E-state index contributed by atoms with van der Waals surface area (Å²) in [6.45, 7) is 3.10. The summed E-state index contributed by atoms with van der Waals surface area (Å²) in [6.07, 6.45) is 2.74. The Morgan fingerprint density at radius 1 is 1.41 bits per heavy atom. The summed E-state index contributed by atoms with van der Waals surface area (Å²) in [4.78, 5) is 17.2. The molecule has 0 unspecified atom stereocenters. The normalized spacial score (nSPS) is 13.5. The zero-order valence-corrected chi connectivity index (χ0v) is 13.6. The van der Waals surface area contributed by atoms with Crippen LogP contribution in [0.15, 0.2) is 18.3 Å². The van der Waals surface area contributed by atoms with Crippen molar-refractivity contribution in [1.29, 1.82) is 0 Å². The van der Waals surface area contributed by atoms with E-state index in [9.17, 15) is 4.79 Å². The van der Waals surface area contributed by atoms with Crippen LogP contribution in [0.4, 0.5) is 5.13 Å². The number of fused-ring (bicyclic) bond motifs is 1. The van der Waals surface area contributed by atoms with Gasteiger partial charge >= 0.3 is 0 Å². The number of nitrogens with zero attached hydrogens (tertiary/aromatic N) is 1. The molecule has 2 aromatic rings. The Labute approximate surface area is 137 Å². The number of nitrogens with one attached hydrogen (secondary N) is 1. The van der Waals surface area contributed by atoms with Crippen molar-refractivity contribution >= 4 is 34.0 Å². The van der Waals surface area contributed by atoms with Gasteiger partial charge in [0.15, 0.2) is 16.6 Å². The molecule has 3 rings (SSSR count). The van der Waals surface area contributed by atoms with Crippen LogP contribution in [0, 0.1) is 6.92 Å². The number of hydrogen-bond donors (Lipinski definition) is 1. The third kappa shape index (κ3) is 3.51. The van der Waals surface area contributed by atoms with Crippen LogP contribution >= 0.6 is 22.9 Å². The van der Waals surface area contributed by atoms with Crippen LogP contribution in [0.3, 0.4) is 0 Å². The van der Waals surface area contributed by atoms with E-state index in [1.54, 1.807) is 18.3 Å². The van der Waals surface area contributed by atoms with E-state index in [2.05, 4.69) is 10.3 Å². The monoisotopic (exact) mass is 338 g/mol. The van der Waals surface area contributed by atoms with Crippen LogP contribution in [0.5, 0.6) is 11.5 Å². The van der Waals surface area contributed by atoms with Crippen molar-refractivity contribution in [3.8, 4) is 11.5 Å². The second kappa shape index (κ2) is 6.54.